The number of benzene rings is 1. The number of halogens is 2. The minimum Gasteiger partial charge on any atom is -0.357 e. The molecule has 0 aliphatic carbocycles. The monoisotopic (exact) mass is 445 g/mol. The van der Waals surface area contributed by atoms with Crippen LogP contribution in [-0.4, -0.2) is 28.8 Å². The molecule has 0 aliphatic rings. The van der Waals surface area contributed by atoms with Crippen molar-refractivity contribution in [3.63, 3.8) is 0 Å². The Morgan fingerprint density at radius 3 is 2.75 bits per heavy atom. The number of nitrogens with one attached hydrogen (secondary N) is 2. The lowest BCUT2D eigenvalue weighted by Crippen LogP contribution is -2.40. The van der Waals surface area contributed by atoms with Crippen LogP contribution in [0.2, 0.25) is 0 Å². The molecule has 7 heteroatoms. The number of nitrogens with zero attached hydrogens (tertiary/aromatic N) is 3. The molecular weight excluding hydrogens is 420 g/mol. The van der Waals surface area contributed by atoms with Crippen LogP contribution in [0, 0.1) is 11.7 Å². The molecule has 1 heterocycles. The first-order chi connectivity index (χ1) is 11.2. The van der Waals surface area contributed by atoms with Crippen molar-refractivity contribution >= 4 is 29.9 Å². The number of aromatic nitrogens is 2. The summed E-state index contributed by atoms with van der Waals surface area (Å²) in [6.45, 7) is 6.84. The Kier molecular flexibility index (Phi) is 9.36. The lowest BCUT2D eigenvalue weighted by atomic mass is 10.2. The second kappa shape index (κ2) is 11.0. The molecule has 132 valence electrons. The van der Waals surface area contributed by atoms with Gasteiger partial charge in [-0.2, -0.15) is 5.10 Å². The molecule has 1 atom stereocenters. The zero-order valence-electron chi connectivity index (χ0n) is 14.1. The van der Waals surface area contributed by atoms with Gasteiger partial charge in [0.2, 0.25) is 0 Å². The van der Waals surface area contributed by atoms with Crippen LogP contribution in [0.25, 0.3) is 0 Å². The van der Waals surface area contributed by atoms with Crippen LogP contribution in [-0.2, 0) is 13.1 Å². The summed E-state index contributed by atoms with van der Waals surface area (Å²) < 4.78 is 15.5. The lowest BCUT2D eigenvalue weighted by molar-refractivity contribution is 0.443. The fraction of sp³-hybridized carbons (Fsp3) is 0.412. The maximum Gasteiger partial charge on any atom is 0.191 e. The van der Waals surface area contributed by atoms with Crippen molar-refractivity contribution in [3.05, 3.63) is 54.1 Å². The van der Waals surface area contributed by atoms with Gasteiger partial charge in [-0.3, -0.25) is 4.68 Å². The fourth-order valence-corrected chi connectivity index (χ4v) is 2.20. The summed E-state index contributed by atoms with van der Waals surface area (Å²) in [4.78, 5) is 4.45. The minimum absolute atomic E-state index is 0. The summed E-state index contributed by atoms with van der Waals surface area (Å²) in [5.41, 5.74) is 0.592. The summed E-state index contributed by atoms with van der Waals surface area (Å²) in [5.74, 6) is 0.870. The molecule has 0 spiro atoms. The number of rotatable bonds is 7. The molecule has 1 aromatic heterocycles. The van der Waals surface area contributed by atoms with E-state index in [0.29, 0.717) is 24.0 Å². The van der Waals surface area contributed by atoms with Crippen molar-refractivity contribution in [1.82, 2.24) is 20.4 Å². The first kappa shape index (κ1) is 20.4. The summed E-state index contributed by atoms with van der Waals surface area (Å²) in [7, 11) is 0. The van der Waals surface area contributed by atoms with E-state index >= 15 is 0 Å². The van der Waals surface area contributed by atoms with Crippen molar-refractivity contribution in [2.24, 2.45) is 10.9 Å². The molecule has 0 aliphatic heterocycles. The second-order valence-corrected chi connectivity index (χ2v) is 5.50. The Balaban J connectivity index is 0.00000288. The molecule has 1 aromatic carbocycles. The van der Waals surface area contributed by atoms with Gasteiger partial charge in [0.15, 0.2) is 5.96 Å². The first-order valence-electron chi connectivity index (χ1n) is 7.92. The van der Waals surface area contributed by atoms with Gasteiger partial charge in [0.25, 0.3) is 0 Å². The van der Waals surface area contributed by atoms with Crippen molar-refractivity contribution in [2.45, 2.75) is 26.9 Å². The van der Waals surface area contributed by atoms with Gasteiger partial charge in [0.1, 0.15) is 5.82 Å². The maximum absolute atomic E-state index is 13.6. The summed E-state index contributed by atoms with van der Waals surface area (Å²) in [6.07, 6.45) is 3.73. The van der Waals surface area contributed by atoms with Crippen LogP contribution in [0.15, 0.2) is 47.7 Å². The average Bonchev–Trinajstić information content (AvgIpc) is 3.04. The van der Waals surface area contributed by atoms with Gasteiger partial charge in [-0.05, 0) is 25.0 Å². The highest BCUT2D eigenvalue weighted by atomic mass is 127. The summed E-state index contributed by atoms with van der Waals surface area (Å²) in [5, 5.41) is 10.7. The standard InChI is InChI=1S/C17H24FN5.HI/c1-3-19-17(21-12-15-7-4-5-8-16(15)18)20-11-14(2)13-23-10-6-9-22-23;/h4-10,14H,3,11-13H2,1-2H3,(H2,19,20,21);1H. The third-order valence-electron chi connectivity index (χ3n) is 3.39. The van der Waals surface area contributed by atoms with Crippen LogP contribution >= 0.6 is 24.0 Å². The quantitative estimate of drug-likeness (QED) is 0.392. The van der Waals surface area contributed by atoms with Crippen molar-refractivity contribution in [2.75, 3.05) is 13.1 Å². The highest BCUT2D eigenvalue weighted by Gasteiger charge is 2.06. The normalized spacial score (nSPS) is 12.4. The van der Waals surface area contributed by atoms with Crippen LogP contribution in [0.5, 0.6) is 0 Å². The van der Waals surface area contributed by atoms with Crippen LogP contribution in [0.4, 0.5) is 4.39 Å². The van der Waals surface area contributed by atoms with Crippen LogP contribution in [0.3, 0.4) is 0 Å². The predicted molar refractivity (Wildman–Crippen MR) is 106 cm³/mol. The Hall–Kier alpha value is -1.64. The Morgan fingerprint density at radius 2 is 2.08 bits per heavy atom. The van der Waals surface area contributed by atoms with Gasteiger partial charge < -0.3 is 10.6 Å². The van der Waals surface area contributed by atoms with E-state index in [0.717, 1.165) is 19.6 Å². The largest absolute Gasteiger partial charge is 0.357 e. The van der Waals surface area contributed by atoms with E-state index < -0.39 is 0 Å². The molecule has 2 rings (SSSR count). The first-order valence-corrected chi connectivity index (χ1v) is 7.92. The molecule has 0 saturated heterocycles. The Morgan fingerprint density at radius 1 is 1.29 bits per heavy atom. The van der Waals surface area contributed by atoms with E-state index in [1.807, 2.05) is 29.9 Å². The third kappa shape index (κ3) is 6.86. The van der Waals surface area contributed by atoms with E-state index in [-0.39, 0.29) is 29.8 Å². The number of aliphatic imine (C=N–C) groups is 1. The van der Waals surface area contributed by atoms with E-state index in [1.54, 1.807) is 18.3 Å². The molecular formula is C17H25FIN5. The lowest BCUT2D eigenvalue weighted by Gasteiger charge is -2.16. The molecule has 0 bridgehead atoms. The predicted octanol–water partition coefficient (Wildman–Crippen LogP) is 3.03. The van der Waals surface area contributed by atoms with Crippen molar-refractivity contribution in [3.8, 4) is 0 Å². The van der Waals surface area contributed by atoms with Gasteiger partial charge in [-0.15, -0.1) is 24.0 Å². The van der Waals surface area contributed by atoms with Crippen LogP contribution < -0.4 is 10.6 Å². The van der Waals surface area contributed by atoms with E-state index in [2.05, 4.69) is 27.6 Å². The number of hydrogen-bond acceptors (Lipinski definition) is 2. The topological polar surface area (TPSA) is 54.2 Å². The highest BCUT2D eigenvalue weighted by molar-refractivity contribution is 14.0. The Bertz CT molecular complexity index is 615. The Labute approximate surface area is 159 Å². The van der Waals surface area contributed by atoms with Gasteiger partial charge in [0, 0.05) is 37.6 Å². The van der Waals surface area contributed by atoms with E-state index in [4.69, 9.17) is 0 Å². The van der Waals surface area contributed by atoms with Crippen molar-refractivity contribution < 1.29 is 4.39 Å². The molecule has 24 heavy (non-hydrogen) atoms. The van der Waals surface area contributed by atoms with Crippen LogP contribution in [0.1, 0.15) is 19.4 Å². The molecule has 0 fully saturated rings. The van der Waals surface area contributed by atoms with E-state index in [9.17, 15) is 4.39 Å². The van der Waals surface area contributed by atoms with Gasteiger partial charge in [0.05, 0.1) is 6.54 Å². The third-order valence-corrected chi connectivity index (χ3v) is 3.39. The highest BCUT2D eigenvalue weighted by Crippen LogP contribution is 2.07. The summed E-state index contributed by atoms with van der Waals surface area (Å²) in [6, 6.07) is 8.63. The fourth-order valence-electron chi connectivity index (χ4n) is 2.20. The molecule has 2 aromatic rings. The summed E-state index contributed by atoms with van der Waals surface area (Å²) >= 11 is 0. The zero-order chi connectivity index (χ0) is 16.5. The van der Waals surface area contributed by atoms with E-state index in [1.165, 1.54) is 6.07 Å². The number of hydrogen-bond donors (Lipinski definition) is 2. The molecule has 0 amide bonds. The second-order valence-electron chi connectivity index (χ2n) is 5.50. The molecule has 0 saturated carbocycles. The number of guanidine groups is 1. The van der Waals surface area contributed by atoms with Crippen molar-refractivity contribution in [1.29, 1.82) is 0 Å². The molecule has 0 radical (unpaired) electrons. The maximum atomic E-state index is 13.6. The van der Waals surface area contributed by atoms with Gasteiger partial charge in [-0.25, -0.2) is 9.38 Å². The molecule has 2 N–H and O–H groups in total. The van der Waals surface area contributed by atoms with Gasteiger partial charge >= 0.3 is 0 Å². The average molecular weight is 445 g/mol. The molecule has 1 unspecified atom stereocenters. The van der Waals surface area contributed by atoms with Gasteiger partial charge in [-0.1, -0.05) is 25.1 Å². The zero-order valence-corrected chi connectivity index (χ0v) is 16.4. The molecule has 5 nitrogen and oxygen atoms in total. The minimum atomic E-state index is -0.223. The SMILES string of the molecule is CCNC(=NCc1ccccc1F)NCC(C)Cn1cccn1.I. The smallest absolute Gasteiger partial charge is 0.191 e.